The zero-order chi connectivity index (χ0) is 84.3. The van der Waals surface area contributed by atoms with Gasteiger partial charge in [0.05, 0.1) is 195 Å². The van der Waals surface area contributed by atoms with E-state index in [2.05, 4.69) is 51.1 Å². The van der Waals surface area contributed by atoms with Gasteiger partial charge in [0, 0.05) is 48.0 Å². The van der Waals surface area contributed by atoms with Crippen LogP contribution in [-0.2, 0) is 114 Å². The minimum atomic E-state index is -1.72. The van der Waals surface area contributed by atoms with Gasteiger partial charge < -0.3 is 114 Å². The van der Waals surface area contributed by atoms with Crippen LogP contribution in [0.3, 0.4) is 0 Å². The van der Waals surface area contributed by atoms with Gasteiger partial charge in [0.1, 0.15) is 25.4 Å². The number of hydrogen-bond donors (Lipinski definition) is 9. The molecule has 0 aromatic rings. The molecule has 12 atom stereocenters. The van der Waals surface area contributed by atoms with Crippen LogP contribution in [0.1, 0.15) is 144 Å². The van der Waals surface area contributed by atoms with Gasteiger partial charge in [-0.3, -0.25) is 47.9 Å². The van der Waals surface area contributed by atoms with Crippen LogP contribution in [0.15, 0.2) is 23.8 Å². The number of carbonyl (C=O) groups is 10. The molecule has 5 fully saturated rings. The van der Waals surface area contributed by atoms with Crippen molar-refractivity contribution in [3.8, 4) is 0 Å². The summed E-state index contributed by atoms with van der Waals surface area (Å²) in [6.07, 6.45) is 13.8. The fraction of sp³-hybridized carbons (Fsp3) is 0.827. The number of fused-ring (bicyclic) bond motifs is 5. The number of ketones is 2. The molecule has 0 bridgehead atoms. The number of hydrogen-bond acceptors (Lipinski definition) is 27. The van der Waals surface area contributed by atoms with Gasteiger partial charge in [-0.25, -0.2) is 0 Å². The van der Waals surface area contributed by atoms with Crippen LogP contribution in [0, 0.1) is 39.9 Å². The average Bonchev–Trinajstić information content (AvgIpc) is 1.48. The van der Waals surface area contributed by atoms with Gasteiger partial charge in [0.15, 0.2) is 11.4 Å². The van der Waals surface area contributed by atoms with Crippen LogP contribution in [-0.4, -0.2) is 313 Å². The number of amides is 7. The second kappa shape index (κ2) is 52.7. The number of aliphatic hydroxyl groups is 2. The lowest BCUT2D eigenvalue weighted by molar-refractivity contribution is -0.203. The Bertz CT molecular complexity index is 3120. The van der Waals surface area contributed by atoms with Crippen LogP contribution < -0.4 is 37.2 Å². The van der Waals surface area contributed by atoms with Crippen LogP contribution in [0.5, 0.6) is 0 Å². The Morgan fingerprint density at radius 2 is 1.12 bits per heavy atom. The third kappa shape index (κ3) is 30.6. The van der Waals surface area contributed by atoms with Gasteiger partial charge in [-0.2, -0.15) is 0 Å². The molecule has 33 nitrogen and oxygen atoms in total. The van der Waals surface area contributed by atoms with E-state index in [9.17, 15) is 58.2 Å². The molecule has 0 aromatic carbocycles. The number of halogens is 1. The lowest BCUT2D eigenvalue weighted by Gasteiger charge is -2.64. The van der Waals surface area contributed by atoms with Gasteiger partial charge in [0.25, 0.3) is 0 Å². The third-order valence-corrected chi connectivity index (χ3v) is 25.9. The van der Waals surface area contributed by atoms with Crippen molar-refractivity contribution in [2.24, 2.45) is 39.9 Å². The summed E-state index contributed by atoms with van der Waals surface area (Å²) in [6, 6.07) is -2.67. The quantitative estimate of drug-likeness (QED) is 0.0183. The van der Waals surface area contributed by atoms with Crippen molar-refractivity contribution < 1.29 is 124 Å². The predicted octanol–water partition coefficient (Wildman–Crippen LogP) is 2.91. The fourth-order valence-corrected chi connectivity index (χ4v) is 18.7. The summed E-state index contributed by atoms with van der Waals surface area (Å²) in [5, 5.41) is 40.2. The Hall–Kier alpha value is -5.38. The minimum absolute atomic E-state index is 0.0143. The Morgan fingerprint density at radius 3 is 1.61 bits per heavy atom. The number of Topliss-reactive ketones (excluding diaryl/α,β-unsaturated/α-hetero) is 1. The lowest BCUT2D eigenvalue weighted by Crippen LogP contribution is -2.69. The predicted molar refractivity (Wildman–Crippen MR) is 428 cm³/mol. The maximum atomic E-state index is 14.6. The van der Waals surface area contributed by atoms with Gasteiger partial charge >= 0.3 is 5.97 Å². The molecule has 6 rings (SSSR count). The van der Waals surface area contributed by atoms with E-state index >= 15 is 0 Å². The molecular formula is C81H134ClN7O26S. The molecule has 7 amide bonds. The molecule has 5 saturated carbocycles. The molecule has 116 heavy (non-hydrogen) atoms. The van der Waals surface area contributed by atoms with Crippen molar-refractivity contribution >= 4 is 82.2 Å². The number of rotatable bonds is 67. The van der Waals surface area contributed by atoms with E-state index in [4.69, 9.17) is 77.9 Å². The Balaban J connectivity index is 0.802. The summed E-state index contributed by atoms with van der Waals surface area (Å²) in [5.41, 5.74) is -2.40. The molecule has 3 unspecified atom stereocenters. The number of esters is 1. The van der Waals surface area contributed by atoms with Crippen LogP contribution in [0.4, 0.5) is 0 Å². The zero-order valence-electron chi connectivity index (χ0n) is 69.5. The van der Waals surface area contributed by atoms with E-state index in [1.54, 1.807) is 37.9 Å². The highest BCUT2D eigenvalue weighted by atomic mass is 35.5. The molecule has 662 valence electrons. The van der Waals surface area contributed by atoms with E-state index in [-0.39, 0.29) is 85.4 Å². The van der Waals surface area contributed by atoms with Crippen molar-refractivity contribution in [2.75, 3.05) is 211 Å². The monoisotopic (exact) mass is 1690 g/mol. The molecule has 0 saturated heterocycles. The SMILES string of the molecule is CCCCC(CC)(SCC(=O)N[C@@H](CCCCNC(=O)CCOCCOCCOCCOCCOCCOCCOCCOCCOCCOCCOCCOC)C(=O)N[C@@H](CO)C(=O)NCC(=O)NCC(=O)NCC(=O)NCOCC(=O)[C@@]1(OC(=O)CC)[C@@H](C)CC2[C@@H]3CCC4=CC(=O)C=C[C@]4(C)[C@@]3(Cl)[C@@H](O)C[C@@]21C)C1CC12CC2. The minimum Gasteiger partial charge on any atom is -0.450 e. The highest BCUT2D eigenvalue weighted by Gasteiger charge is 2.76. The number of unbranched alkanes of at least 4 members (excludes halogenated alkanes) is 2. The number of nitrogens with one attached hydrogen (secondary N) is 7. The van der Waals surface area contributed by atoms with Gasteiger partial charge in [-0.1, -0.05) is 66.0 Å². The Kier molecular flexibility index (Phi) is 45.2. The molecule has 35 heteroatoms. The maximum absolute atomic E-state index is 14.6. The third-order valence-electron chi connectivity index (χ3n) is 23.2. The summed E-state index contributed by atoms with van der Waals surface area (Å²) in [4.78, 5) is 131. The first-order chi connectivity index (χ1) is 55.9. The van der Waals surface area contributed by atoms with Crippen molar-refractivity contribution in [3.05, 3.63) is 23.8 Å². The van der Waals surface area contributed by atoms with Crippen LogP contribution >= 0.6 is 23.4 Å². The number of aliphatic hydroxyl groups excluding tert-OH is 2. The summed E-state index contributed by atoms with van der Waals surface area (Å²) in [5.74, 6) is -6.36. The molecule has 1 spiro atoms. The molecule has 6 aliphatic carbocycles. The number of methoxy groups -OCH3 is 1. The molecule has 0 aromatic heterocycles. The summed E-state index contributed by atoms with van der Waals surface area (Å²) in [7, 11) is 1.63. The first kappa shape index (κ1) is 99.4. The van der Waals surface area contributed by atoms with Crippen molar-refractivity contribution in [1.29, 1.82) is 0 Å². The number of alkyl halides is 1. The van der Waals surface area contributed by atoms with E-state index in [0.717, 1.165) is 37.7 Å². The van der Waals surface area contributed by atoms with Gasteiger partial charge in [0.2, 0.25) is 47.1 Å². The van der Waals surface area contributed by atoms with E-state index in [1.807, 2.05) is 20.8 Å². The van der Waals surface area contributed by atoms with E-state index in [1.165, 1.54) is 18.9 Å². The standard InChI is InChI=1S/C81H134ClN7O26S/c1-8-11-19-79(10-3,65-49-78(65)21-22-78)116-56-72(98)88-63(14-12-13-23-83-68(94)18-24-103-27-28-105-31-32-107-35-36-109-39-40-111-43-44-113-46-45-112-42-41-110-38-37-108-34-33-106-30-29-104-26-25-102-7)75(101)89-64(54-90)74(100)86-53-70(96)84-51-69(95)85-52-71(97)87-57-114-55-67(93)81(115-73(99)9-2)58(4)47-62-61-16-15-59-48-60(91)17-20-76(59,5)80(61,82)66(92)50-77(62,81)6/h17,20,48,58,61-66,90,92H,8-16,18-19,21-47,49-57H2,1-7H3,(H,83,94)(H,84,96)(H,85,95)(H,86,100)(H,87,97)(H,88,98)(H,89,101)/t58-,61-,62?,63-,64-,65?,66-,76-,77-,79?,80-,81-/m0/s1. The Morgan fingerprint density at radius 1 is 0.603 bits per heavy atom. The highest BCUT2D eigenvalue weighted by Crippen LogP contribution is 2.77. The molecule has 6 aliphatic rings. The fourth-order valence-electron chi connectivity index (χ4n) is 16.6. The van der Waals surface area contributed by atoms with Gasteiger partial charge in [-0.05, 0) is 112 Å². The number of thioether (sulfide) groups is 1. The number of allylic oxidation sites excluding steroid dienone is 4. The van der Waals surface area contributed by atoms with Gasteiger partial charge in [-0.15, -0.1) is 23.4 Å². The molecule has 0 radical (unpaired) electrons. The first-order valence-electron chi connectivity index (χ1n) is 41.6. The second-order valence-electron chi connectivity index (χ2n) is 30.9. The number of carbonyl (C=O) groups excluding carboxylic acids is 10. The van der Waals surface area contributed by atoms with Crippen LogP contribution in [0.25, 0.3) is 0 Å². The first-order valence-corrected chi connectivity index (χ1v) is 42.9. The largest absolute Gasteiger partial charge is 0.450 e. The highest BCUT2D eigenvalue weighted by molar-refractivity contribution is 8.01. The average molecular weight is 1690 g/mol. The topological polar surface area (TPSA) is 425 Å². The van der Waals surface area contributed by atoms with E-state index in [0.29, 0.717) is 182 Å². The molecule has 0 aliphatic heterocycles. The molecular weight excluding hydrogens is 1550 g/mol. The summed E-state index contributed by atoms with van der Waals surface area (Å²) < 4.78 is 77.3. The summed E-state index contributed by atoms with van der Waals surface area (Å²) >= 11 is 9.28. The van der Waals surface area contributed by atoms with Crippen LogP contribution in [0.2, 0.25) is 0 Å². The van der Waals surface area contributed by atoms with Crippen molar-refractivity contribution in [1.82, 2.24) is 37.2 Å². The zero-order valence-corrected chi connectivity index (χ0v) is 71.1. The van der Waals surface area contributed by atoms with Crippen molar-refractivity contribution in [3.63, 3.8) is 0 Å². The molecule has 0 heterocycles. The second-order valence-corrected chi connectivity index (χ2v) is 32.9. The Labute approximate surface area is 693 Å². The normalized spacial score (nSPS) is 24.3. The lowest BCUT2D eigenvalue weighted by atomic mass is 9.45. The molecule has 9 N–H and O–H groups in total. The maximum Gasteiger partial charge on any atom is 0.306 e. The van der Waals surface area contributed by atoms with E-state index < -0.39 is 126 Å². The smallest absolute Gasteiger partial charge is 0.306 e. The summed E-state index contributed by atoms with van der Waals surface area (Å²) in [6.45, 7) is 18.0. The van der Waals surface area contributed by atoms with Crippen molar-refractivity contribution in [2.45, 2.75) is 178 Å². The number of ether oxygens (including phenoxy) is 14.